The Labute approximate surface area is 186 Å². The number of carbonyl (C=O) groups is 2. The van der Waals surface area contributed by atoms with Crippen LogP contribution in [0.5, 0.6) is 5.75 Å². The van der Waals surface area contributed by atoms with Crippen LogP contribution >= 0.6 is 0 Å². The Morgan fingerprint density at radius 2 is 1.94 bits per heavy atom. The fourth-order valence-electron chi connectivity index (χ4n) is 3.50. The average Bonchev–Trinajstić information content (AvgIpc) is 2.75. The minimum Gasteiger partial charge on any atom is -0.489 e. The Bertz CT molecular complexity index is 1030. The first-order chi connectivity index (χ1) is 15.1. The topological polar surface area (TPSA) is 108 Å². The van der Waals surface area contributed by atoms with Gasteiger partial charge in [0.15, 0.2) is 6.04 Å². The van der Waals surface area contributed by atoms with Crippen molar-refractivity contribution in [3.8, 4) is 5.75 Å². The Hall–Kier alpha value is -3.62. The molecule has 170 valence electrons. The summed E-state index contributed by atoms with van der Waals surface area (Å²) in [6.07, 6.45) is -0.0691. The smallest absolute Gasteiger partial charge is 0.411 e. The number of rotatable bonds is 5. The molecule has 1 amide bonds. The van der Waals surface area contributed by atoms with E-state index in [1.54, 1.807) is 45.0 Å². The van der Waals surface area contributed by atoms with Gasteiger partial charge in [0.2, 0.25) is 0 Å². The summed E-state index contributed by atoms with van der Waals surface area (Å²) in [5.74, 6) is 0.00617. The standard InChI is InChI=1S/C23H26N2O7/c1-23(2,3)32-22(27)24-11-10-16-13-18(8-9-19(16)20(24)21(26)30-4)31-14-15-6-5-7-17(12-15)25(28)29/h5-9,12-13,20H,10-11,14H2,1-4H3/t20-/m1/s1. The van der Waals surface area contributed by atoms with Crippen LogP contribution in [0.1, 0.15) is 43.5 Å². The van der Waals surface area contributed by atoms with Gasteiger partial charge in [-0.15, -0.1) is 0 Å². The van der Waals surface area contributed by atoms with Crippen molar-refractivity contribution in [2.45, 2.75) is 45.4 Å². The molecule has 9 nitrogen and oxygen atoms in total. The van der Waals surface area contributed by atoms with Gasteiger partial charge in [-0.3, -0.25) is 15.0 Å². The van der Waals surface area contributed by atoms with Crippen LogP contribution in [0.25, 0.3) is 0 Å². The van der Waals surface area contributed by atoms with Crippen molar-refractivity contribution >= 4 is 17.7 Å². The number of hydrogen-bond acceptors (Lipinski definition) is 7. The quantitative estimate of drug-likeness (QED) is 0.388. The molecule has 3 rings (SSSR count). The van der Waals surface area contributed by atoms with Gasteiger partial charge in [0.1, 0.15) is 18.0 Å². The monoisotopic (exact) mass is 442 g/mol. The number of ether oxygens (including phenoxy) is 3. The van der Waals surface area contributed by atoms with E-state index in [0.717, 1.165) is 5.56 Å². The van der Waals surface area contributed by atoms with Crippen molar-refractivity contribution in [3.05, 3.63) is 69.3 Å². The van der Waals surface area contributed by atoms with E-state index in [1.165, 1.54) is 24.1 Å². The van der Waals surface area contributed by atoms with Crippen molar-refractivity contribution < 1.29 is 28.7 Å². The number of esters is 1. The summed E-state index contributed by atoms with van der Waals surface area (Å²) < 4.78 is 16.2. The second kappa shape index (κ2) is 9.25. The molecule has 0 fully saturated rings. The third-order valence-electron chi connectivity index (χ3n) is 4.92. The van der Waals surface area contributed by atoms with Crippen molar-refractivity contribution in [2.24, 2.45) is 0 Å². The van der Waals surface area contributed by atoms with E-state index < -0.39 is 28.6 Å². The lowest BCUT2D eigenvalue weighted by molar-refractivity contribution is -0.384. The van der Waals surface area contributed by atoms with Gasteiger partial charge >= 0.3 is 12.1 Å². The van der Waals surface area contributed by atoms with Crippen molar-refractivity contribution in [3.63, 3.8) is 0 Å². The minimum absolute atomic E-state index is 0.000282. The maximum atomic E-state index is 12.7. The molecule has 32 heavy (non-hydrogen) atoms. The Morgan fingerprint density at radius 1 is 1.19 bits per heavy atom. The van der Waals surface area contributed by atoms with E-state index in [1.807, 2.05) is 6.07 Å². The minimum atomic E-state index is -0.913. The third kappa shape index (κ3) is 5.35. The van der Waals surface area contributed by atoms with Gasteiger partial charge in [-0.05, 0) is 56.0 Å². The summed E-state index contributed by atoms with van der Waals surface area (Å²) in [6.45, 7) is 5.74. The van der Waals surface area contributed by atoms with Crippen molar-refractivity contribution in [1.29, 1.82) is 0 Å². The fraction of sp³-hybridized carbons (Fsp3) is 0.391. The molecular formula is C23H26N2O7. The number of nitro groups is 1. The van der Waals surface area contributed by atoms with Gasteiger partial charge in [-0.25, -0.2) is 9.59 Å². The normalized spacial score (nSPS) is 15.5. The number of amides is 1. The van der Waals surface area contributed by atoms with E-state index in [9.17, 15) is 19.7 Å². The third-order valence-corrected chi connectivity index (χ3v) is 4.92. The van der Waals surface area contributed by atoms with E-state index >= 15 is 0 Å². The first-order valence-corrected chi connectivity index (χ1v) is 10.2. The Kier molecular flexibility index (Phi) is 6.67. The molecule has 0 N–H and O–H groups in total. The number of benzene rings is 2. The highest BCUT2D eigenvalue weighted by Gasteiger charge is 2.39. The van der Waals surface area contributed by atoms with Crippen LogP contribution in [-0.2, 0) is 27.3 Å². The molecule has 0 saturated carbocycles. The van der Waals surface area contributed by atoms with Crippen LogP contribution in [0, 0.1) is 10.1 Å². The summed E-state index contributed by atoms with van der Waals surface area (Å²) in [6, 6.07) is 10.6. The highest BCUT2D eigenvalue weighted by Crippen LogP contribution is 2.34. The van der Waals surface area contributed by atoms with Crippen molar-refractivity contribution in [1.82, 2.24) is 4.90 Å². The molecule has 0 spiro atoms. The zero-order valence-electron chi connectivity index (χ0n) is 18.5. The van der Waals surface area contributed by atoms with Crippen molar-refractivity contribution in [2.75, 3.05) is 13.7 Å². The van der Waals surface area contributed by atoms with Crippen LogP contribution in [0.15, 0.2) is 42.5 Å². The van der Waals surface area contributed by atoms with Crippen LogP contribution in [0.4, 0.5) is 10.5 Å². The van der Waals surface area contributed by atoms with Gasteiger partial charge in [0.05, 0.1) is 12.0 Å². The predicted octanol–water partition coefficient (Wildman–Crippen LogP) is 4.18. The van der Waals surface area contributed by atoms with Crippen LogP contribution < -0.4 is 4.74 Å². The maximum Gasteiger partial charge on any atom is 0.411 e. The number of nitro benzene ring substituents is 1. The molecule has 2 aromatic rings. The number of methoxy groups -OCH3 is 1. The summed E-state index contributed by atoms with van der Waals surface area (Å²) in [5, 5.41) is 10.9. The number of non-ortho nitro benzene ring substituents is 1. The molecule has 1 heterocycles. The summed E-state index contributed by atoms with van der Waals surface area (Å²) in [5.41, 5.74) is 1.48. The first kappa shape index (κ1) is 23.1. The highest BCUT2D eigenvalue weighted by atomic mass is 16.6. The molecule has 0 unspecified atom stereocenters. The largest absolute Gasteiger partial charge is 0.489 e. The van der Waals surface area contributed by atoms with Crippen LogP contribution in [-0.4, -0.2) is 41.1 Å². The molecule has 1 atom stereocenters. The second-order valence-corrected chi connectivity index (χ2v) is 8.43. The molecule has 0 radical (unpaired) electrons. The molecule has 1 aliphatic heterocycles. The van der Waals surface area contributed by atoms with Gasteiger partial charge in [-0.2, -0.15) is 0 Å². The summed E-state index contributed by atoms with van der Waals surface area (Å²) in [4.78, 5) is 37.1. The molecule has 2 aromatic carbocycles. The molecule has 0 aromatic heterocycles. The molecular weight excluding hydrogens is 416 g/mol. The number of nitrogens with zero attached hydrogens (tertiary/aromatic N) is 2. The van der Waals surface area contributed by atoms with Gasteiger partial charge in [-0.1, -0.05) is 18.2 Å². The SMILES string of the molecule is COC(=O)[C@H]1c2ccc(OCc3cccc([N+](=O)[O-])c3)cc2CCN1C(=O)OC(C)(C)C. The Morgan fingerprint density at radius 3 is 2.59 bits per heavy atom. The number of hydrogen-bond donors (Lipinski definition) is 0. The summed E-state index contributed by atoms with van der Waals surface area (Å²) >= 11 is 0. The lowest BCUT2D eigenvalue weighted by Gasteiger charge is -2.36. The number of carbonyl (C=O) groups excluding carboxylic acids is 2. The number of fused-ring (bicyclic) bond motifs is 1. The van der Waals surface area contributed by atoms with E-state index in [2.05, 4.69) is 0 Å². The Balaban J connectivity index is 1.80. The van der Waals surface area contributed by atoms with Gasteiger partial charge in [0.25, 0.3) is 5.69 Å². The van der Waals surface area contributed by atoms with Crippen LogP contribution in [0.3, 0.4) is 0 Å². The zero-order chi connectivity index (χ0) is 23.5. The van der Waals surface area contributed by atoms with Crippen LogP contribution in [0.2, 0.25) is 0 Å². The summed E-state index contributed by atoms with van der Waals surface area (Å²) in [7, 11) is 1.28. The fourth-order valence-corrected chi connectivity index (χ4v) is 3.50. The molecule has 0 bridgehead atoms. The van der Waals surface area contributed by atoms with Gasteiger partial charge < -0.3 is 14.2 Å². The lowest BCUT2D eigenvalue weighted by Crippen LogP contribution is -2.46. The van der Waals surface area contributed by atoms with Gasteiger partial charge in [0, 0.05) is 18.7 Å². The zero-order valence-corrected chi connectivity index (χ0v) is 18.5. The molecule has 0 aliphatic carbocycles. The predicted molar refractivity (Wildman–Crippen MR) is 115 cm³/mol. The van der Waals surface area contributed by atoms with E-state index in [4.69, 9.17) is 14.2 Å². The first-order valence-electron chi connectivity index (χ1n) is 10.2. The lowest BCUT2D eigenvalue weighted by atomic mass is 9.92. The van der Waals surface area contributed by atoms with E-state index in [-0.39, 0.29) is 18.8 Å². The molecule has 9 heteroatoms. The second-order valence-electron chi connectivity index (χ2n) is 8.43. The van der Waals surface area contributed by atoms with E-state index in [0.29, 0.717) is 23.3 Å². The molecule has 1 aliphatic rings. The highest BCUT2D eigenvalue weighted by molar-refractivity contribution is 5.84. The molecule has 0 saturated heterocycles. The maximum absolute atomic E-state index is 12.7. The average molecular weight is 442 g/mol.